The molecule has 1 N–H and O–H groups in total. The number of hydrogen-bond acceptors (Lipinski definition) is 4. The van der Waals surface area contributed by atoms with E-state index >= 15 is 0 Å². The van der Waals surface area contributed by atoms with Gasteiger partial charge < -0.3 is 14.8 Å². The summed E-state index contributed by atoms with van der Waals surface area (Å²) in [6, 6.07) is 7.63. The van der Waals surface area contributed by atoms with Gasteiger partial charge in [-0.1, -0.05) is 25.1 Å². The van der Waals surface area contributed by atoms with E-state index < -0.39 is 0 Å². The molecule has 1 atom stereocenters. The molecule has 2 rings (SSSR count). The van der Waals surface area contributed by atoms with Crippen molar-refractivity contribution >= 4 is 5.91 Å². The van der Waals surface area contributed by atoms with E-state index in [1.165, 1.54) is 0 Å². The number of carbonyl (C=O) groups is 1. The van der Waals surface area contributed by atoms with Gasteiger partial charge in [0, 0.05) is 31.7 Å². The quantitative estimate of drug-likeness (QED) is 0.825. The maximum absolute atomic E-state index is 12.1. The first-order valence-corrected chi connectivity index (χ1v) is 7.87. The number of amides is 1. The average molecular weight is 306 g/mol. The fourth-order valence-electron chi connectivity index (χ4n) is 2.66. The molecule has 1 aromatic rings. The maximum atomic E-state index is 12.1. The lowest BCUT2D eigenvalue weighted by molar-refractivity contribution is -0.120. The van der Waals surface area contributed by atoms with Crippen molar-refractivity contribution in [1.29, 1.82) is 0 Å². The van der Waals surface area contributed by atoms with Crippen molar-refractivity contribution in [1.82, 2.24) is 10.2 Å². The van der Waals surface area contributed by atoms with Crippen LogP contribution in [-0.2, 0) is 16.0 Å². The van der Waals surface area contributed by atoms with Gasteiger partial charge in [-0.15, -0.1) is 0 Å². The normalized spacial score (nSPS) is 17.0. The van der Waals surface area contributed by atoms with E-state index in [1.807, 2.05) is 24.3 Å². The van der Waals surface area contributed by atoms with Crippen LogP contribution in [-0.4, -0.2) is 57.3 Å². The molecule has 0 spiro atoms. The van der Waals surface area contributed by atoms with Crippen LogP contribution in [0.2, 0.25) is 0 Å². The summed E-state index contributed by atoms with van der Waals surface area (Å²) in [6.07, 6.45) is 0.355. The summed E-state index contributed by atoms with van der Waals surface area (Å²) in [5, 5.41) is 3.02. The van der Waals surface area contributed by atoms with Crippen LogP contribution in [0.5, 0.6) is 5.75 Å². The molecule has 1 aliphatic heterocycles. The van der Waals surface area contributed by atoms with E-state index in [4.69, 9.17) is 9.47 Å². The summed E-state index contributed by atoms with van der Waals surface area (Å²) < 4.78 is 10.6. The Hall–Kier alpha value is -1.59. The molecular formula is C17H26N2O3. The van der Waals surface area contributed by atoms with E-state index in [9.17, 15) is 4.79 Å². The van der Waals surface area contributed by atoms with Crippen molar-refractivity contribution in [2.75, 3.05) is 46.5 Å². The summed E-state index contributed by atoms with van der Waals surface area (Å²) >= 11 is 0. The number of benzene rings is 1. The first kappa shape index (κ1) is 16.8. The van der Waals surface area contributed by atoms with Crippen molar-refractivity contribution in [3.05, 3.63) is 29.8 Å². The molecule has 1 saturated heterocycles. The molecule has 5 heteroatoms. The summed E-state index contributed by atoms with van der Waals surface area (Å²) in [5.74, 6) is 1.23. The van der Waals surface area contributed by atoms with E-state index in [1.54, 1.807) is 7.11 Å². The van der Waals surface area contributed by atoms with Crippen molar-refractivity contribution in [2.45, 2.75) is 13.3 Å². The van der Waals surface area contributed by atoms with Crippen LogP contribution < -0.4 is 10.1 Å². The number of rotatable bonds is 7. The zero-order valence-electron chi connectivity index (χ0n) is 13.5. The molecule has 0 radical (unpaired) electrons. The van der Waals surface area contributed by atoms with E-state index in [0.29, 0.717) is 18.9 Å². The van der Waals surface area contributed by atoms with Gasteiger partial charge in [0.2, 0.25) is 5.91 Å². The van der Waals surface area contributed by atoms with Gasteiger partial charge >= 0.3 is 0 Å². The van der Waals surface area contributed by atoms with E-state index in [2.05, 4.69) is 17.1 Å². The number of para-hydroxylation sites is 1. The molecule has 0 saturated carbocycles. The Kier molecular flexibility index (Phi) is 6.68. The maximum Gasteiger partial charge on any atom is 0.224 e. The Morgan fingerprint density at radius 2 is 2.09 bits per heavy atom. The molecule has 22 heavy (non-hydrogen) atoms. The summed E-state index contributed by atoms with van der Waals surface area (Å²) in [7, 11) is 1.63. The molecule has 0 aliphatic carbocycles. The standard InChI is InChI=1S/C17H26N2O3/c1-14(13-19-7-9-22-10-8-19)12-18-17(20)11-15-5-3-4-6-16(15)21-2/h3-6,14H,7-13H2,1-2H3,(H,18,20). The van der Waals surface area contributed by atoms with Crippen LogP contribution >= 0.6 is 0 Å². The average Bonchev–Trinajstić information content (AvgIpc) is 2.54. The molecule has 1 heterocycles. The number of morpholine rings is 1. The number of hydrogen-bond donors (Lipinski definition) is 1. The lowest BCUT2D eigenvalue weighted by Crippen LogP contribution is -2.41. The highest BCUT2D eigenvalue weighted by Gasteiger charge is 2.15. The predicted octanol–water partition coefficient (Wildman–Crippen LogP) is 1.32. The largest absolute Gasteiger partial charge is 0.496 e. The third kappa shape index (κ3) is 5.31. The lowest BCUT2D eigenvalue weighted by atomic mass is 10.1. The Morgan fingerprint density at radius 1 is 1.36 bits per heavy atom. The molecule has 0 bridgehead atoms. The molecule has 1 aromatic carbocycles. The Labute approximate surface area is 132 Å². The third-order valence-electron chi connectivity index (χ3n) is 3.86. The van der Waals surface area contributed by atoms with E-state index in [-0.39, 0.29) is 5.91 Å². The van der Waals surface area contributed by atoms with Gasteiger partial charge in [0.05, 0.1) is 26.7 Å². The highest BCUT2D eigenvalue weighted by molar-refractivity contribution is 5.79. The van der Waals surface area contributed by atoms with Gasteiger partial charge in [-0.05, 0) is 12.0 Å². The zero-order chi connectivity index (χ0) is 15.8. The predicted molar refractivity (Wildman–Crippen MR) is 86.1 cm³/mol. The van der Waals surface area contributed by atoms with Gasteiger partial charge in [0.15, 0.2) is 0 Å². The van der Waals surface area contributed by atoms with Crippen LogP contribution in [0.25, 0.3) is 0 Å². The SMILES string of the molecule is COc1ccccc1CC(=O)NCC(C)CN1CCOCC1. The van der Waals surface area contributed by atoms with Gasteiger partial charge in [-0.3, -0.25) is 9.69 Å². The second-order valence-electron chi connectivity index (χ2n) is 5.81. The fourth-order valence-corrected chi connectivity index (χ4v) is 2.66. The van der Waals surface area contributed by atoms with Crippen molar-refractivity contribution in [3.63, 3.8) is 0 Å². The molecule has 1 fully saturated rings. The second kappa shape index (κ2) is 8.76. The molecule has 0 aromatic heterocycles. The summed E-state index contributed by atoms with van der Waals surface area (Å²) in [5.41, 5.74) is 0.920. The topological polar surface area (TPSA) is 50.8 Å². The highest BCUT2D eigenvalue weighted by Crippen LogP contribution is 2.17. The number of nitrogens with zero attached hydrogens (tertiary/aromatic N) is 1. The van der Waals surface area contributed by atoms with Crippen LogP contribution in [0.1, 0.15) is 12.5 Å². The number of methoxy groups -OCH3 is 1. The number of ether oxygens (including phenoxy) is 2. The van der Waals surface area contributed by atoms with Gasteiger partial charge in [0.1, 0.15) is 5.75 Å². The molecule has 122 valence electrons. The third-order valence-corrected chi connectivity index (χ3v) is 3.86. The van der Waals surface area contributed by atoms with E-state index in [0.717, 1.165) is 44.2 Å². The minimum Gasteiger partial charge on any atom is -0.496 e. The summed E-state index contributed by atoms with van der Waals surface area (Å²) in [4.78, 5) is 14.5. The first-order chi connectivity index (χ1) is 10.7. The van der Waals surface area contributed by atoms with Crippen molar-refractivity contribution in [3.8, 4) is 5.75 Å². The Morgan fingerprint density at radius 3 is 2.82 bits per heavy atom. The van der Waals surface area contributed by atoms with Crippen LogP contribution in [0.4, 0.5) is 0 Å². The van der Waals surface area contributed by atoms with Crippen molar-refractivity contribution in [2.24, 2.45) is 5.92 Å². The zero-order valence-corrected chi connectivity index (χ0v) is 13.5. The highest BCUT2D eigenvalue weighted by atomic mass is 16.5. The van der Waals surface area contributed by atoms with Gasteiger partial charge in [0.25, 0.3) is 0 Å². The Balaban J connectivity index is 1.72. The lowest BCUT2D eigenvalue weighted by Gasteiger charge is -2.29. The minimum atomic E-state index is 0.0401. The monoisotopic (exact) mass is 306 g/mol. The number of carbonyl (C=O) groups excluding carboxylic acids is 1. The smallest absolute Gasteiger partial charge is 0.224 e. The molecule has 5 nitrogen and oxygen atoms in total. The molecule has 1 unspecified atom stereocenters. The van der Waals surface area contributed by atoms with Crippen LogP contribution in [0.15, 0.2) is 24.3 Å². The molecular weight excluding hydrogens is 280 g/mol. The van der Waals surface area contributed by atoms with Crippen LogP contribution in [0.3, 0.4) is 0 Å². The van der Waals surface area contributed by atoms with Crippen LogP contribution in [0, 0.1) is 5.92 Å². The number of nitrogens with one attached hydrogen (secondary N) is 1. The molecule has 1 aliphatic rings. The summed E-state index contributed by atoms with van der Waals surface area (Å²) in [6.45, 7) is 7.46. The van der Waals surface area contributed by atoms with Crippen molar-refractivity contribution < 1.29 is 14.3 Å². The fraction of sp³-hybridized carbons (Fsp3) is 0.588. The van der Waals surface area contributed by atoms with Gasteiger partial charge in [-0.2, -0.15) is 0 Å². The van der Waals surface area contributed by atoms with Gasteiger partial charge in [-0.25, -0.2) is 0 Å². The minimum absolute atomic E-state index is 0.0401. The molecule has 1 amide bonds. The Bertz CT molecular complexity index is 473. The first-order valence-electron chi connectivity index (χ1n) is 7.87. The second-order valence-corrected chi connectivity index (χ2v) is 5.81.